The molecule has 0 saturated heterocycles. The van der Waals surface area contributed by atoms with E-state index in [1.807, 2.05) is 36.4 Å². The van der Waals surface area contributed by atoms with Crippen molar-refractivity contribution in [2.45, 2.75) is 0 Å². The first-order valence-electron chi connectivity index (χ1n) is 6.59. The lowest BCUT2D eigenvalue weighted by atomic mass is 10.1. The summed E-state index contributed by atoms with van der Waals surface area (Å²) >= 11 is 0. The maximum absolute atomic E-state index is 13.1. The largest absolute Gasteiger partial charge is 0.507 e. The van der Waals surface area contributed by atoms with Gasteiger partial charge in [-0.3, -0.25) is 0 Å². The fraction of sp³-hybridized carbons (Fsp3) is 0. The second-order valence-corrected chi connectivity index (χ2v) is 4.92. The number of halogens is 1. The number of H-pyrrole nitrogens is 1. The summed E-state index contributed by atoms with van der Waals surface area (Å²) in [6, 6.07) is 15.7. The molecule has 0 bridgehead atoms. The van der Waals surface area contributed by atoms with E-state index in [2.05, 4.69) is 9.97 Å². The van der Waals surface area contributed by atoms with Crippen molar-refractivity contribution in [2.24, 2.45) is 0 Å². The highest BCUT2D eigenvalue weighted by Crippen LogP contribution is 2.31. The molecule has 2 N–H and O–H groups in total. The van der Waals surface area contributed by atoms with E-state index in [1.54, 1.807) is 0 Å². The molecule has 0 spiro atoms. The van der Waals surface area contributed by atoms with Crippen LogP contribution in [-0.4, -0.2) is 15.1 Å². The number of hydrogen-bond acceptors (Lipinski definition) is 2. The number of fused-ring (bicyclic) bond motifs is 3. The molecule has 4 heteroatoms. The van der Waals surface area contributed by atoms with Crippen molar-refractivity contribution in [2.75, 3.05) is 0 Å². The Hall–Kier alpha value is -2.88. The fourth-order valence-electron chi connectivity index (χ4n) is 2.60. The highest BCUT2D eigenvalue weighted by Gasteiger charge is 2.10. The number of nitrogens with one attached hydrogen (secondary N) is 1. The zero-order valence-corrected chi connectivity index (χ0v) is 11.0. The van der Waals surface area contributed by atoms with Crippen LogP contribution >= 0.6 is 0 Å². The van der Waals surface area contributed by atoms with E-state index < -0.39 is 5.82 Å². The van der Waals surface area contributed by atoms with Gasteiger partial charge < -0.3 is 10.1 Å². The van der Waals surface area contributed by atoms with E-state index >= 15 is 0 Å². The molecular formula is C17H11FN2O. The summed E-state index contributed by atoms with van der Waals surface area (Å²) in [6.07, 6.45) is 0. The van der Waals surface area contributed by atoms with Crippen LogP contribution in [0.15, 0.2) is 54.6 Å². The van der Waals surface area contributed by atoms with E-state index in [-0.39, 0.29) is 5.75 Å². The van der Waals surface area contributed by atoms with E-state index in [0.717, 1.165) is 28.0 Å². The summed E-state index contributed by atoms with van der Waals surface area (Å²) in [5.74, 6) is -0.582. The van der Waals surface area contributed by atoms with Gasteiger partial charge in [0.15, 0.2) is 0 Å². The molecule has 4 rings (SSSR count). The predicted octanol–water partition coefficient (Wildman–Crippen LogP) is 4.23. The van der Waals surface area contributed by atoms with Gasteiger partial charge in [0.25, 0.3) is 0 Å². The van der Waals surface area contributed by atoms with E-state index in [9.17, 15) is 9.50 Å². The molecule has 102 valence electrons. The number of rotatable bonds is 1. The highest BCUT2D eigenvalue weighted by molar-refractivity contribution is 6.06. The summed E-state index contributed by atoms with van der Waals surface area (Å²) in [7, 11) is 0. The first-order chi connectivity index (χ1) is 10.2. The quantitative estimate of drug-likeness (QED) is 0.547. The Morgan fingerprint density at radius 2 is 1.81 bits per heavy atom. The Morgan fingerprint density at radius 3 is 2.67 bits per heavy atom. The lowest BCUT2D eigenvalue weighted by Crippen LogP contribution is -1.86. The van der Waals surface area contributed by atoms with Crippen molar-refractivity contribution in [1.29, 1.82) is 0 Å². The Morgan fingerprint density at radius 1 is 0.952 bits per heavy atom. The van der Waals surface area contributed by atoms with Crippen molar-refractivity contribution < 1.29 is 9.50 Å². The lowest BCUT2D eigenvalue weighted by molar-refractivity contribution is 0.471. The Labute approximate surface area is 119 Å². The molecule has 0 atom stereocenters. The zero-order chi connectivity index (χ0) is 14.4. The van der Waals surface area contributed by atoms with Gasteiger partial charge in [-0.2, -0.15) is 0 Å². The predicted molar refractivity (Wildman–Crippen MR) is 80.7 cm³/mol. The molecule has 0 aliphatic heterocycles. The summed E-state index contributed by atoms with van der Waals surface area (Å²) < 4.78 is 13.1. The number of aromatic hydroxyl groups is 1. The van der Waals surface area contributed by atoms with Crippen LogP contribution in [0.2, 0.25) is 0 Å². The molecule has 2 aromatic carbocycles. The number of para-hydroxylation sites is 1. The topological polar surface area (TPSA) is 48.9 Å². The first-order valence-corrected chi connectivity index (χ1v) is 6.59. The molecule has 21 heavy (non-hydrogen) atoms. The van der Waals surface area contributed by atoms with Gasteiger partial charge in [0.05, 0.1) is 5.69 Å². The van der Waals surface area contributed by atoms with E-state index in [4.69, 9.17) is 0 Å². The average molecular weight is 278 g/mol. The minimum Gasteiger partial charge on any atom is -0.507 e. The van der Waals surface area contributed by atoms with Gasteiger partial charge in [0.2, 0.25) is 0 Å². The minimum absolute atomic E-state index is 0.113. The molecule has 0 unspecified atom stereocenters. The molecular weight excluding hydrogens is 267 g/mol. The Balaban J connectivity index is 1.96. The molecule has 3 nitrogen and oxygen atoms in total. The van der Waals surface area contributed by atoms with Crippen molar-refractivity contribution in [3.63, 3.8) is 0 Å². The van der Waals surface area contributed by atoms with Crippen molar-refractivity contribution in [1.82, 2.24) is 9.97 Å². The molecule has 0 fully saturated rings. The maximum Gasteiger partial charge on any atom is 0.139 e. The smallest absolute Gasteiger partial charge is 0.139 e. The van der Waals surface area contributed by atoms with Crippen LogP contribution in [0.1, 0.15) is 0 Å². The number of benzene rings is 2. The summed E-state index contributed by atoms with van der Waals surface area (Å²) in [6.45, 7) is 0. The molecule has 0 aliphatic carbocycles. The lowest BCUT2D eigenvalue weighted by Gasteiger charge is -2.04. The zero-order valence-electron chi connectivity index (χ0n) is 11.0. The monoisotopic (exact) mass is 278 g/mol. The number of hydrogen-bond donors (Lipinski definition) is 2. The van der Waals surface area contributed by atoms with E-state index in [1.165, 1.54) is 12.1 Å². The van der Waals surface area contributed by atoms with Gasteiger partial charge in [0, 0.05) is 27.9 Å². The van der Waals surface area contributed by atoms with Crippen LogP contribution in [0.4, 0.5) is 4.39 Å². The summed E-state index contributed by atoms with van der Waals surface area (Å²) in [5.41, 5.74) is 2.88. The maximum atomic E-state index is 13.1. The average Bonchev–Trinajstić information content (AvgIpc) is 2.84. The van der Waals surface area contributed by atoms with Gasteiger partial charge in [-0.15, -0.1) is 0 Å². The SMILES string of the molecule is Oc1cc(F)ccc1-c1ccc2c(n1)[nH]c1ccccc12. The molecule has 2 aromatic heterocycles. The van der Waals surface area contributed by atoms with Gasteiger partial charge in [-0.1, -0.05) is 18.2 Å². The third kappa shape index (κ3) is 1.84. The summed E-state index contributed by atoms with van der Waals surface area (Å²) in [5, 5.41) is 12.0. The molecule has 0 amide bonds. The number of aromatic nitrogens is 2. The fourth-order valence-corrected chi connectivity index (χ4v) is 2.60. The Kier molecular flexibility index (Phi) is 2.44. The van der Waals surface area contributed by atoms with Gasteiger partial charge in [-0.25, -0.2) is 9.37 Å². The van der Waals surface area contributed by atoms with Crippen molar-refractivity contribution in [3.05, 3.63) is 60.4 Å². The normalized spacial score (nSPS) is 11.3. The molecule has 0 aliphatic rings. The minimum atomic E-state index is -0.469. The van der Waals surface area contributed by atoms with E-state index in [0.29, 0.717) is 11.3 Å². The number of aromatic amines is 1. The molecule has 0 saturated carbocycles. The summed E-state index contributed by atoms with van der Waals surface area (Å²) in [4.78, 5) is 7.79. The second kappa shape index (κ2) is 4.31. The third-order valence-electron chi connectivity index (χ3n) is 3.60. The van der Waals surface area contributed by atoms with Crippen LogP contribution in [-0.2, 0) is 0 Å². The number of phenols is 1. The number of pyridine rings is 1. The Bertz CT molecular complexity index is 975. The van der Waals surface area contributed by atoms with Crippen LogP contribution in [0.3, 0.4) is 0 Å². The molecule has 4 aromatic rings. The number of nitrogens with zero attached hydrogens (tertiary/aromatic N) is 1. The van der Waals surface area contributed by atoms with Crippen LogP contribution in [0.5, 0.6) is 5.75 Å². The molecule has 0 radical (unpaired) electrons. The number of phenolic OH excluding ortho intramolecular Hbond substituents is 1. The van der Waals surface area contributed by atoms with Crippen LogP contribution < -0.4 is 0 Å². The highest BCUT2D eigenvalue weighted by atomic mass is 19.1. The first kappa shape index (κ1) is 11.9. The van der Waals surface area contributed by atoms with Crippen molar-refractivity contribution >= 4 is 21.9 Å². The van der Waals surface area contributed by atoms with Crippen molar-refractivity contribution in [3.8, 4) is 17.0 Å². The standard InChI is InChI=1S/C17H11FN2O/c18-10-5-6-13(16(21)9-10)15-8-7-12-11-3-1-2-4-14(11)19-17(12)20-15/h1-9,21H,(H,19,20). The van der Waals surface area contributed by atoms with Crippen LogP contribution in [0, 0.1) is 5.82 Å². The molecule has 2 heterocycles. The second-order valence-electron chi connectivity index (χ2n) is 4.92. The third-order valence-corrected chi connectivity index (χ3v) is 3.60. The van der Waals surface area contributed by atoms with Gasteiger partial charge >= 0.3 is 0 Å². The van der Waals surface area contributed by atoms with Crippen LogP contribution in [0.25, 0.3) is 33.2 Å². The van der Waals surface area contributed by atoms with Gasteiger partial charge in [0.1, 0.15) is 17.2 Å². The van der Waals surface area contributed by atoms with Gasteiger partial charge in [-0.05, 0) is 30.3 Å².